The molecular weight excluding hydrogens is 232 g/mol. The Morgan fingerprint density at radius 1 is 1.50 bits per heavy atom. The predicted molar refractivity (Wildman–Crippen MR) is 67.2 cm³/mol. The Hall–Kier alpha value is -1.52. The van der Waals surface area contributed by atoms with Crippen molar-refractivity contribution in [3.63, 3.8) is 0 Å². The first kappa shape index (κ1) is 12.9. The molecule has 0 aromatic rings. The van der Waals surface area contributed by atoms with Crippen molar-refractivity contribution in [2.75, 3.05) is 19.6 Å². The Morgan fingerprint density at radius 3 is 2.56 bits per heavy atom. The van der Waals surface area contributed by atoms with Gasteiger partial charge in [-0.3, -0.25) is 4.79 Å². The average Bonchev–Trinajstić information content (AvgIpc) is 3.07. The first-order valence-electron chi connectivity index (χ1n) is 6.43. The number of urea groups is 1. The molecule has 2 aliphatic rings. The molecule has 0 aromatic heterocycles. The number of rotatable bonds is 5. The number of nitrogens with zero attached hydrogens (tertiary/aromatic N) is 2. The van der Waals surface area contributed by atoms with E-state index in [4.69, 9.17) is 5.11 Å². The van der Waals surface area contributed by atoms with Crippen LogP contribution in [0.2, 0.25) is 0 Å². The van der Waals surface area contributed by atoms with E-state index in [2.05, 4.69) is 6.58 Å². The molecule has 18 heavy (non-hydrogen) atoms. The molecule has 1 N–H and O–H groups in total. The molecule has 5 heteroatoms. The molecule has 2 rings (SSSR count). The summed E-state index contributed by atoms with van der Waals surface area (Å²) >= 11 is 0. The van der Waals surface area contributed by atoms with Crippen LogP contribution in [0.15, 0.2) is 12.7 Å². The Bertz CT molecular complexity index is 359. The Balaban J connectivity index is 1.85. The second kappa shape index (κ2) is 5.00. The second-order valence-electron chi connectivity index (χ2n) is 5.25. The van der Waals surface area contributed by atoms with Crippen molar-refractivity contribution < 1.29 is 14.7 Å². The van der Waals surface area contributed by atoms with Gasteiger partial charge in [0.1, 0.15) is 0 Å². The standard InChI is InChI=1S/C13H20N2O3/c1-3-6-15(11-4-5-11)13(18)14-7-10(8-14)9(2)12(16)17/h3,9-11H,1,4-8H2,2H3,(H,16,17). The van der Waals surface area contributed by atoms with Crippen LogP contribution < -0.4 is 0 Å². The quantitative estimate of drug-likeness (QED) is 0.752. The fraction of sp³-hybridized carbons (Fsp3) is 0.692. The van der Waals surface area contributed by atoms with Crippen molar-refractivity contribution in [2.24, 2.45) is 11.8 Å². The molecule has 0 spiro atoms. The minimum atomic E-state index is -0.780. The fourth-order valence-corrected chi connectivity index (χ4v) is 2.28. The highest BCUT2D eigenvalue weighted by Crippen LogP contribution is 2.31. The van der Waals surface area contributed by atoms with E-state index in [1.807, 2.05) is 4.90 Å². The zero-order valence-electron chi connectivity index (χ0n) is 10.7. The van der Waals surface area contributed by atoms with Gasteiger partial charge in [-0.25, -0.2) is 4.79 Å². The van der Waals surface area contributed by atoms with Gasteiger partial charge in [-0.15, -0.1) is 6.58 Å². The highest BCUT2D eigenvalue weighted by molar-refractivity contribution is 5.77. The molecule has 1 heterocycles. The molecule has 1 saturated carbocycles. The number of amides is 2. The predicted octanol–water partition coefficient (Wildman–Crippen LogP) is 1.41. The number of likely N-dealkylation sites (tertiary alicyclic amines) is 1. The van der Waals surface area contributed by atoms with Crippen molar-refractivity contribution in [1.82, 2.24) is 9.80 Å². The number of carbonyl (C=O) groups excluding carboxylic acids is 1. The largest absolute Gasteiger partial charge is 0.481 e. The van der Waals surface area contributed by atoms with E-state index in [9.17, 15) is 9.59 Å². The maximum atomic E-state index is 12.2. The van der Waals surface area contributed by atoms with Crippen molar-refractivity contribution in [3.05, 3.63) is 12.7 Å². The lowest BCUT2D eigenvalue weighted by atomic mass is 9.87. The van der Waals surface area contributed by atoms with Crippen molar-refractivity contribution >= 4 is 12.0 Å². The van der Waals surface area contributed by atoms with Gasteiger partial charge < -0.3 is 14.9 Å². The summed E-state index contributed by atoms with van der Waals surface area (Å²) in [4.78, 5) is 26.6. The van der Waals surface area contributed by atoms with Gasteiger partial charge in [-0.2, -0.15) is 0 Å². The normalized spacial score (nSPS) is 21.1. The van der Waals surface area contributed by atoms with Crippen LogP contribution in [0, 0.1) is 11.8 Å². The minimum absolute atomic E-state index is 0.0336. The summed E-state index contributed by atoms with van der Waals surface area (Å²) in [5.74, 6) is -1.06. The van der Waals surface area contributed by atoms with Crippen molar-refractivity contribution in [2.45, 2.75) is 25.8 Å². The van der Waals surface area contributed by atoms with Crippen LogP contribution >= 0.6 is 0 Å². The highest BCUT2D eigenvalue weighted by Gasteiger charge is 2.41. The number of hydrogen-bond donors (Lipinski definition) is 1. The summed E-state index contributed by atoms with van der Waals surface area (Å²) in [6.45, 7) is 7.08. The number of hydrogen-bond acceptors (Lipinski definition) is 2. The third-order valence-electron chi connectivity index (χ3n) is 3.84. The second-order valence-corrected chi connectivity index (χ2v) is 5.25. The van der Waals surface area contributed by atoms with Crippen LogP contribution in [-0.4, -0.2) is 52.6 Å². The Labute approximate surface area is 107 Å². The van der Waals surface area contributed by atoms with Crippen molar-refractivity contribution in [1.29, 1.82) is 0 Å². The molecule has 1 aliphatic carbocycles. The molecule has 100 valence electrons. The molecule has 5 nitrogen and oxygen atoms in total. The van der Waals surface area contributed by atoms with E-state index in [-0.39, 0.29) is 17.9 Å². The Morgan fingerprint density at radius 2 is 2.11 bits per heavy atom. The zero-order chi connectivity index (χ0) is 13.3. The van der Waals surface area contributed by atoms with Gasteiger partial charge in [0.15, 0.2) is 0 Å². The van der Waals surface area contributed by atoms with Gasteiger partial charge in [0.25, 0.3) is 0 Å². The third kappa shape index (κ3) is 2.49. The summed E-state index contributed by atoms with van der Waals surface area (Å²) in [6.07, 6.45) is 3.89. The van der Waals surface area contributed by atoms with Gasteiger partial charge in [-0.05, 0) is 12.8 Å². The molecule has 1 atom stereocenters. The van der Waals surface area contributed by atoms with E-state index in [0.717, 1.165) is 12.8 Å². The van der Waals surface area contributed by atoms with E-state index in [1.165, 1.54) is 0 Å². The SMILES string of the molecule is C=CCN(C(=O)N1CC(C(C)C(=O)O)C1)C1CC1. The summed E-state index contributed by atoms with van der Waals surface area (Å²) in [5, 5.41) is 8.91. The topological polar surface area (TPSA) is 60.9 Å². The highest BCUT2D eigenvalue weighted by atomic mass is 16.4. The van der Waals surface area contributed by atoms with Gasteiger partial charge in [0.05, 0.1) is 5.92 Å². The molecule has 1 unspecified atom stereocenters. The third-order valence-corrected chi connectivity index (χ3v) is 3.84. The average molecular weight is 252 g/mol. The molecular formula is C13H20N2O3. The van der Waals surface area contributed by atoms with Crippen LogP contribution in [0.5, 0.6) is 0 Å². The molecule has 1 saturated heterocycles. The molecule has 2 fully saturated rings. The van der Waals surface area contributed by atoms with E-state index < -0.39 is 5.97 Å². The van der Waals surface area contributed by atoms with Gasteiger partial charge in [0.2, 0.25) is 0 Å². The number of carbonyl (C=O) groups is 2. The lowest BCUT2D eigenvalue weighted by Crippen LogP contribution is -2.57. The first-order valence-corrected chi connectivity index (χ1v) is 6.43. The van der Waals surface area contributed by atoms with Gasteiger partial charge in [0, 0.05) is 31.6 Å². The monoisotopic (exact) mass is 252 g/mol. The summed E-state index contributed by atoms with van der Waals surface area (Å²) < 4.78 is 0. The molecule has 0 bridgehead atoms. The summed E-state index contributed by atoms with van der Waals surface area (Å²) in [5.41, 5.74) is 0. The van der Waals surface area contributed by atoms with E-state index >= 15 is 0 Å². The van der Waals surface area contributed by atoms with Crippen LogP contribution in [0.25, 0.3) is 0 Å². The smallest absolute Gasteiger partial charge is 0.320 e. The Kier molecular flexibility index (Phi) is 3.59. The number of carboxylic acids is 1. The molecule has 1 aliphatic heterocycles. The zero-order valence-corrected chi connectivity index (χ0v) is 10.7. The summed E-state index contributed by atoms with van der Waals surface area (Å²) in [7, 11) is 0. The molecule has 0 radical (unpaired) electrons. The first-order chi connectivity index (χ1) is 8.54. The van der Waals surface area contributed by atoms with E-state index in [0.29, 0.717) is 25.7 Å². The molecule has 2 amide bonds. The van der Waals surface area contributed by atoms with Crippen molar-refractivity contribution in [3.8, 4) is 0 Å². The minimum Gasteiger partial charge on any atom is -0.481 e. The maximum absolute atomic E-state index is 12.2. The lowest BCUT2D eigenvalue weighted by molar-refractivity contribution is -0.144. The van der Waals surface area contributed by atoms with Crippen LogP contribution in [0.3, 0.4) is 0 Å². The van der Waals surface area contributed by atoms with E-state index in [1.54, 1.807) is 17.9 Å². The van der Waals surface area contributed by atoms with Crippen LogP contribution in [0.1, 0.15) is 19.8 Å². The summed E-state index contributed by atoms with van der Waals surface area (Å²) in [6, 6.07) is 0.401. The van der Waals surface area contributed by atoms with Gasteiger partial charge in [-0.1, -0.05) is 13.0 Å². The van der Waals surface area contributed by atoms with Gasteiger partial charge >= 0.3 is 12.0 Å². The number of aliphatic carboxylic acids is 1. The van der Waals surface area contributed by atoms with Crippen LogP contribution in [0.4, 0.5) is 4.79 Å². The van der Waals surface area contributed by atoms with Crippen LogP contribution in [-0.2, 0) is 4.79 Å². The lowest BCUT2D eigenvalue weighted by Gasteiger charge is -2.43. The fourth-order valence-electron chi connectivity index (χ4n) is 2.28. The number of carboxylic acid groups (broad SMARTS) is 1. The maximum Gasteiger partial charge on any atom is 0.320 e. The molecule has 0 aromatic carbocycles.